The van der Waals surface area contributed by atoms with Crippen LogP contribution in [0.5, 0.6) is 0 Å². The molecule has 1 rings (SSSR count). The van der Waals surface area contributed by atoms with Crippen molar-refractivity contribution in [2.45, 2.75) is 6.54 Å². The Morgan fingerprint density at radius 3 is 2.64 bits per heavy atom. The fraction of sp³-hybridized carbons (Fsp3) is 0.167. The van der Waals surface area contributed by atoms with Crippen LogP contribution in [0.2, 0.25) is 5.02 Å². The molecule has 1 aromatic heterocycles. The van der Waals surface area contributed by atoms with Crippen LogP contribution in [0.15, 0.2) is 16.9 Å². The van der Waals surface area contributed by atoms with Gasteiger partial charge in [-0.25, -0.2) is 4.98 Å². The fourth-order valence-electron chi connectivity index (χ4n) is 0.627. The van der Waals surface area contributed by atoms with Gasteiger partial charge in [-0.15, -0.1) is 12.4 Å². The molecule has 0 radical (unpaired) electrons. The van der Waals surface area contributed by atoms with Crippen LogP contribution in [0.3, 0.4) is 0 Å². The first kappa shape index (κ1) is 11.2. The third-order valence-electron chi connectivity index (χ3n) is 1.15. The molecule has 0 spiro atoms. The van der Waals surface area contributed by atoms with Gasteiger partial charge in [-0.1, -0.05) is 11.6 Å². The molecule has 11 heavy (non-hydrogen) atoms. The van der Waals surface area contributed by atoms with E-state index in [9.17, 15) is 0 Å². The zero-order valence-electron chi connectivity index (χ0n) is 5.55. The molecule has 0 aliphatic carbocycles. The van der Waals surface area contributed by atoms with Gasteiger partial charge in [0, 0.05) is 23.3 Å². The largest absolute Gasteiger partial charge is 0.326 e. The Morgan fingerprint density at radius 2 is 2.27 bits per heavy atom. The van der Waals surface area contributed by atoms with Crippen molar-refractivity contribution in [2.75, 3.05) is 0 Å². The van der Waals surface area contributed by atoms with E-state index in [1.165, 1.54) is 0 Å². The molecule has 0 saturated carbocycles. The minimum atomic E-state index is 0. The third kappa shape index (κ3) is 2.60. The average molecular weight is 258 g/mol. The molecule has 2 nitrogen and oxygen atoms in total. The van der Waals surface area contributed by atoms with Crippen LogP contribution in [-0.4, -0.2) is 4.98 Å². The standard InChI is InChI=1S/C6H6BrClN2.ClH/c7-6-4(3-9)5(8)1-2-10-6;/h1-2H,3,9H2;1H. The summed E-state index contributed by atoms with van der Waals surface area (Å²) >= 11 is 9.01. The van der Waals surface area contributed by atoms with Gasteiger partial charge in [0.05, 0.1) is 0 Å². The van der Waals surface area contributed by atoms with Gasteiger partial charge in [-0.3, -0.25) is 0 Å². The quantitative estimate of drug-likeness (QED) is 0.785. The van der Waals surface area contributed by atoms with Crippen molar-refractivity contribution in [1.29, 1.82) is 0 Å². The van der Waals surface area contributed by atoms with Crippen LogP contribution in [0.4, 0.5) is 0 Å². The van der Waals surface area contributed by atoms with Crippen molar-refractivity contribution < 1.29 is 0 Å². The second-order valence-corrected chi connectivity index (χ2v) is 2.92. The smallest absolute Gasteiger partial charge is 0.112 e. The highest BCUT2D eigenvalue weighted by Gasteiger charge is 2.01. The monoisotopic (exact) mass is 256 g/mol. The zero-order chi connectivity index (χ0) is 7.56. The molecule has 5 heteroatoms. The summed E-state index contributed by atoms with van der Waals surface area (Å²) in [5, 5.41) is 0.657. The fourth-order valence-corrected chi connectivity index (χ4v) is 1.46. The predicted octanol–water partition coefficient (Wildman–Crippen LogP) is 2.38. The van der Waals surface area contributed by atoms with Gasteiger partial charge in [0.1, 0.15) is 4.60 Å². The van der Waals surface area contributed by atoms with Crippen LogP contribution in [0.25, 0.3) is 0 Å². The van der Waals surface area contributed by atoms with E-state index in [4.69, 9.17) is 17.3 Å². The first-order valence-corrected chi connectivity index (χ1v) is 3.91. The lowest BCUT2D eigenvalue weighted by Crippen LogP contribution is -1.99. The highest BCUT2D eigenvalue weighted by atomic mass is 79.9. The van der Waals surface area contributed by atoms with Crippen LogP contribution in [-0.2, 0) is 6.54 Å². The maximum Gasteiger partial charge on any atom is 0.112 e. The van der Waals surface area contributed by atoms with Crippen LogP contribution in [0, 0.1) is 0 Å². The molecule has 0 fully saturated rings. The SMILES string of the molecule is Cl.NCc1c(Cl)ccnc1Br. The maximum atomic E-state index is 5.78. The van der Waals surface area contributed by atoms with Crippen LogP contribution >= 0.6 is 39.9 Å². The van der Waals surface area contributed by atoms with Crippen molar-refractivity contribution in [3.05, 3.63) is 27.5 Å². The van der Waals surface area contributed by atoms with Crippen molar-refractivity contribution in [1.82, 2.24) is 4.98 Å². The van der Waals surface area contributed by atoms with Crippen LogP contribution < -0.4 is 5.73 Å². The summed E-state index contributed by atoms with van der Waals surface area (Å²) in [4.78, 5) is 3.96. The predicted molar refractivity (Wildman–Crippen MR) is 52.1 cm³/mol. The Hall–Kier alpha value is 0.170. The summed E-state index contributed by atoms with van der Waals surface area (Å²) in [5.74, 6) is 0. The topological polar surface area (TPSA) is 38.9 Å². The number of nitrogens with zero attached hydrogens (tertiary/aromatic N) is 1. The second kappa shape index (κ2) is 4.93. The van der Waals surface area contributed by atoms with E-state index in [1.807, 2.05) is 0 Å². The Bertz CT molecular complexity index is 222. The van der Waals surface area contributed by atoms with Crippen molar-refractivity contribution >= 4 is 39.9 Å². The average Bonchev–Trinajstić information content (AvgIpc) is 1.88. The Kier molecular flexibility index (Phi) is 5.01. The van der Waals surface area contributed by atoms with E-state index in [-0.39, 0.29) is 12.4 Å². The van der Waals surface area contributed by atoms with E-state index in [0.717, 1.165) is 10.2 Å². The number of pyridine rings is 1. The molecule has 0 atom stereocenters. The normalized spacial score (nSPS) is 9.00. The van der Waals surface area contributed by atoms with Gasteiger partial charge in [0.25, 0.3) is 0 Å². The summed E-state index contributed by atoms with van der Waals surface area (Å²) in [6.07, 6.45) is 1.63. The van der Waals surface area contributed by atoms with Gasteiger partial charge >= 0.3 is 0 Å². The van der Waals surface area contributed by atoms with Crippen molar-refractivity contribution in [3.8, 4) is 0 Å². The Labute approximate surface area is 84.7 Å². The molecule has 1 heterocycles. The van der Waals surface area contributed by atoms with E-state index in [2.05, 4.69) is 20.9 Å². The zero-order valence-corrected chi connectivity index (χ0v) is 8.71. The van der Waals surface area contributed by atoms with Gasteiger partial charge in [-0.05, 0) is 22.0 Å². The molecular weight excluding hydrogens is 251 g/mol. The van der Waals surface area contributed by atoms with Gasteiger partial charge in [0.15, 0.2) is 0 Å². The number of rotatable bonds is 1. The maximum absolute atomic E-state index is 5.78. The molecule has 0 bridgehead atoms. The van der Waals surface area contributed by atoms with Gasteiger partial charge in [0.2, 0.25) is 0 Å². The number of nitrogens with two attached hydrogens (primary N) is 1. The number of aromatic nitrogens is 1. The lowest BCUT2D eigenvalue weighted by Gasteiger charge is -2.00. The Morgan fingerprint density at radius 1 is 1.64 bits per heavy atom. The summed E-state index contributed by atoms with van der Waals surface area (Å²) in [6, 6.07) is 1.72. The first-order chi connectivity index (χ1) is 4.75. The molecule has 0 unspecified atom stereocenters. The Balaban J connectivity index is 0.000001000. The molecule has 0 aliphatic rings. The van der Waals surface area contributed by atoms with Gasteiger partial charge < -0.3 is 5.73 Å². The van der Waals surface area contributed by atoms with Crippen LogP contribution in [0.1, 0.15) is 5.56 Å². The molecule has 0 aliphatic heterocycles. The number of hydrogen-bond donors (Lipinski definition) is 1. The highest BCUT2D eigenvalue weighted by Crippen LogP contribution is 2.20. The number of hydrogen-bond acceptors (Lipinski definition) is 2. The minimum absolute atomic E-state index is 0. The van der Waals surface area contributed by atoms with Crippen molar-refractivity contribution in [3.63, 3.8) is 0 Å². The number of halogens is 3. The summed E-state index contributed by atoms with van der Waals surface area (Å²) in [7, 11) is 0. The van der Waals surface area contributed by atoms with Crippen molar-refractivity contribution in [2.24, 2.45) is 5.73 Å². The first-order valence-electron chi connectivity index (χ1n) is 2.74. The highest BCUT2D eigenvalue weighted by molar-refractivity contribution is 9.10. The molecule has 2 N–H and O–H groups in total. The van der Waals surface area contributed by atoms with E-state index >= 15 is 0 Å². The molecule has 0 amide bonds. The lowest BCUT2D eigenvalue weighted by molar-refractivity contribution is 1.03. The van der Waals surface area contributed by atoms with E-state index in [0.29, 0.717) is 11.6 Å². The van der Waals surface area contributed by atoms with E-state index in [1.54, 1.807) is 12.3 Å². The molecule has 62 valence electrons. The van der Waals surface area contributed by atoms with E-state index < -0.39 is 0 Å². The summed E-state index contributed by atoms with van der Waals surface area (Å²) < 4.78 is 0.725. The third-order valence-corrected chi connectivity index (χ3v) is 2.19. The summed E-state index contributed by atoms with van der Waals surface area (Å²) in [5.41, 5.74) is 6.25. The molecule has 1 aromatic rings. The second-order valence-electron chi connectivity index (χ2n) is 1.77. The molecule has 0 aromatic carbocycles. The lowest BCUT2D eigenvalue weighted by atomic mass is 10.3. The molecular formula is C6H7BrCl2N2. The minimum Gasteiger partial charge on any atom is -0.326 e. The molecule has 0 saturated heterocycles. The summed E-state index contributed by atoms with van der Waals surface area (Å²) in [6.45, 7) is 0.410. The van der Waals surface area contributed by atoms with Gasteiger partial charge in [-0.2, -0.15) is 0 Å².